The van der Waals surface area contributed by atoms with Gasteiger partial charge in [-0.1, -0.05) is 41.0 Å². The van der Waals surface area contributed by atoms with Crippen LogP contribution in [-0.2, 0) is 4.74 Å². The average molecular weight is 299 g/mol. The number of rotatable bonds is 10. The van der Waals surface area contributed by atoms with Crippen LogP contribution in [0.2, 0.25) is 0 Å². The van der Waals surface area contributed by atoms with Gasteiger partial charge in [-0.15, -0.1) is 0 Å². The van der Waals surface area contributed by atoms with Crippen molar-refractivity contribution in [3.05, 3.63) is 0 Å². The van der Waals surface area contributed by atoms with Crippen molar-refractivity contribution in [1.82, 2.24) is 10.2 Å². The van der Waals surface area contributed by atoms with Crippen molar-refractivity contribution in [3.63, 3.8) is 0 Å². The van der Waals surface area contributed by atoms with E-state index < -0.39 is 0 Å². The summed E-state index contributed by atoms with van der Waals surface area (Å²) < 4.78 is 5.80. The van der Waals surface area contributed by atoms with Gasteiger partial charge >= 0.3 is 0 Å². The van der Waals surface area contributed by atoms with E-state index in [4.69, 9.17) is 4.74 Å². The summed E-state index contributed by atoms with van der Waals surface area (Å²) in [6, 6.07) is 0.672. The summed E-state index contributed by atoms with van der Waals surface area (Å²) in [5.41, 5.74) is 0.316. The average Bonchev–Trinajstić information content (AvgIpc) is 2.48. The van der Waals surface area contributed by atoms with Gasteiger partial charge in [-0.2, -0.15) is 0 Å². The highest BCUT2D eigenvalue weighted by molar-refractivity contribution is 4.96. The highest BCUT2D eigenvalue weighted by atomic mass is 16.5. The van der Waals surface area contributed by atoms with Gasteiger partial charge in [0, 0.05) is 37.8 Å². The van der Waals surface area contributed by atoms with Crippen molar-refractivity contribution in [2.75, 3.05) is 32.8 Å². The minimum absolute atomic E-state index is 0.316. The topological polar surface area (TPSA) is 24.5 Å². The molecule has 3 heteroatoms. The van der Waals surface area contributed by atoms with Crippen molar-refractivity contribution in [3.8, 4) is 0 Å². The molecule has 0 bridgehead atoms. The van der Waals surface area contributed by atoms with Gasteiger partial charge in [-0.3, -0.25) is 4.90 Å². The molecule has 3 nitrogen and oxygen atoms in total. The van der Waals surface area contributed by atoms with Gasteiger partial charge in [0.25, 0.3) is 0 Å². The smallest absolute Gasteiger partial charge is 0.0593 e. The van der Waals surface area contributed by atoms with E-state index in [1.54, 1.807) is 0 Å². The van der Waals surface area contributed by atoms with E-state index in [0.717, 1.165) is 32.2 Å². The summed E-state index contributed by atoms with van der Waals surface area (Å²) in [5, 5.41) is 3.85. The van der Waals surface area contributed by atoms with Crippen LogP contribution in [0, 0.1) is 5.92 Å². The highest BCUT2D eigenvalue weighted by Gasteiger charge is 2.36. The summed E-state index contributed by atoms with van der Waals surface area (Å²) in [7, 11) is 0. The van der Waals surface area contributed by atoms with Crippen LogP contribution in [0.25, 0.3) is 0 Å². The quantitative estimate of drug-likeness (QED) is 0.623. The van der Waals surface area contributed by atoms with Crippen LogP contribution in [0.4, 0.5) is 0 Å². The van der Waals surface area contributed by atoms with Gasteiger partial charge in [0.05, 0.1) is 6.61 Å². The number of ether oxygens (including phenoxy) is 1. The van der Waals surface area contributed by atoms with Crippen LogP contribution in [0.5, 0.6) is 0 Å². The van der Waals surface area contributed by atoms with E-state index in [1.165, 1.54) is 38.6 Å². The first kappa shape index (κ1) is 18.9. The number of hydrogen-bond donors (Lipinski definition) is 1. The standard InChI is InChI=1S/C18H38N2O/c1-6-9-11-21-12-10-20-15-18(7-2,8-3)19-14-17(20)13-16(4)5/h16-17,19H,6-15H2,1-5H3. The summed E-state index contributed by atoms with van der Waals surface area (Å²) in [6.07, 6.45) is 6.12. The fourth-order valence-electron chi connectivity index (χ4n) is 3.33. The Hall–Kier alpha value is -0.120. The van der Waals surface area contributed by atoms with Crippen molar-refractivity contribution < 1.29 is 4.74 Å². The maximum atomic E-state index is 5.80. The molecule has 0 aromatic rings. The van der Waals surface area contributed by atoms with E-state index in [0.29, 0.717) is 11.6 Å². The SMILES string of the molecule is CCCCOCCN1CC(CC)(CC)NCC1CC(C)C. The van der Waals surface area contributed by atoms with Crippen LogP contribution >= 0.6 is 0 Å². The Bertz CT molecular complexity index is 264. The minimum atomic E-state index is 0.316. The zero-order valence-corrected chi connectivity index (χ0v) is 15.1. The van der Waals surface area contributed by atoms with Crippen molar-refractivity contribution in [1.29, 1.82) is 0 Å². The second-order valence-corrected chi connectivity index (χ2v) is 7.09. The molecule has 1 rings (SSSR count). The Morgan fingerprint density at radius 1 is 1.19 bits per heavy atom. The Kier molecular flexibility index (Phi) is 8.84. The molecule has 1 aliphatic heterocycles. The van der Waals surface area contributed by atoms with E-state index in [1.807, 2.05) is 0 Å². The fourth-order valence-corrected chi connectivity index (χ4v) is 3.33. The van der Waals surface area contributed by atoms with Crippen molar-refractivity contribution in [2.45, 2.75) is 78.3 Å². The third kappa shape index (κ3) is 6.25. The highest BCUT2D eigenvalue weighted by Crippen LogP contribution is 2.25. The van der Waals surface area contributed by atoms with Gasteiger partial charge in [-0.25, -0.2) is 0 Å². The van der Waals surface area contributed by atoms with Crippen LogP contribution < -0.4 is 5.32 Å². The molecule has 1 N–H and O–H groups in total. The Labute approximate surface area is 132 Å². The number of unbranched alkanes of at least 4 members (excludes halogenated alkanes) is 1. The Morgan fingerprint density at radius 3 is 2.48 bits per heavy atom. The van der Waals surface area contributed by atoms with E-state index in [-0.39, 0.29) is 0 Å². The molecule has 0 amide bonds. The molecular weight excluding hydrogens is 260 g/mol. The van der Waals surface area contributed by atoms with Gasteiger partial charge in [-0.05, 0) is 31.6 Å². The predicted octanol–water partition coefficient (Wildman–Crippen LogP) is 3.68. The second-order valence-electron chi connectivity index (χ2n) is 7.09. The lowest BCUT2D eigenvalue weighted by Gasteiger charge is -2.48. The maximum Gasteiger partial charge on any atom is 0.0593 e. The zero-order chi connectivity index (χ0) is 15.7. The molecule has 21 heavy (non-hydrogen) atoms. The molecule has 0 aromatic heterocycles. The molecule has 0 aliphatic carbocycles. The van der Waals surface area contributed by atoms with E-state index in [9.17, 15) is 0 Å². The molecule has 0 aromatic carbocycles. The molecule has 1 fully saturated rings. The van der Waals surface area contributed by atoms with Crippen LogP contribution in [0.15, 0.2) is 0 Å². The first-order valence-electron chi connectivity index (χ1n) is 9.13. The lowest BCUT2D eigenvalue weighted by molar-refractivity contribution is 0.0299. The predicted molar refractivity (Wildman–Crippen MR) is 91.9 cm³/mol. The summed E-state index contributed by atoms with van der Waals surface area (Å²) >= 11 is 0. The zero-order valence-electron chi connectivity index (χ0n) is 15.1. The normalized spacial score (nSPS) is 22.9. The maximum absolute atomic E-state index is 5.80. The van der Waals surface area contributed by atoms with Gasteiger partial charge in [0.15, 0.2) is 0 Å². The van der Waals surface area contributed by atoms with Crippen LogP contribution in [0.1, 0.15) is 66.7 Å². The van der Waals surface area contributed by atoms with Crippen molar-refractivity contribution >= 4 is 0 Å². The first-order valence-corrected chi connectivity index (χ1v) is 9.13. The molecule has 126 valence electrons. The largest absolute Gasteiger partial charge is 0.380 e. The van der Waals surface area contributed by atoms with Gasteiger partial charge in [0.2, 0.25) is 0 Å². The lowest BCUT2D eigenvalue weighted by Crippen LogP contribution is -2.64. The van der Waals surface area contributed by atoms with E-state index in [2.05, 4.69) is 44.8 Å². The number of hydrogen-bond acceptors (Lipinski definition) is 3. The number of piperazine rings is 1. The number of nitrogens with one attached hydrogen (secondary N) is 1. The third-order valence-corrected chi connectivity index (χ3v) is 5.00. The molecule has 0 saturated carbocycles. The molecule has 1 aliphatic rings. The van der Waals surface area contributed by atoms with Crippen molar-refractivity contribution in [2.24, 2.45) is 5.92 Å². The summed E-state index contributed by atoms with van der Waals surface area (Å²) in [4.78, 5) is 2.69. The molecule has 1 atom stereocenters. The third-order valence-electron chi connectivity index (χ3n) is 5.00. The van der Waals surface area contributed by atoms with Crippen LogP contribution in [0.3, 0.4) is 0 Å². The molecule has 1 heterocycles. The molecular formula is C18H38N2O. The summed E-state index contributed by atoms with van der Waals surface area (Å²) in [5.74, 6) is 0.760. The van der Waals surface area contributed by atoms with E-state index >= 15 is 0 Å². The monoisotopic (exact) mass is 298 g/mol. The Balaban J connectivity index is 2.52. The Morgan fingerprint density at radius 2 is 1.90 bits per heavy atom. The molecule has 1 saturated heterocycles. The lowest BCUT2D eigenvalue weighted by atomic mass is 9.87. The molecule has 0 spiro atoms. The van der Waals surface area contributed by atoms with Gasteiger partial charge in [0.1, 0.15) is 0 Å². The number of nitrogens with zero attached hydrogens (tertiary/aromatic N) is 1. The van der Waals surface area contributed by atoms with Crippen LogP contribution in [-0.4, -0.2) is 49.3 Å². The molecule has 0 radical (unpaired) electrons. The minimum Gasteiger partial charge on any atom is -0.380 e. The fraction of sp³-hybridized carbons (Fsp3) is 1.00. The van der Waals surface area contributed by atoms with Gasteiger partial charge < -0.3 is 10.1 Å². The summed E-state index contributed by atoms with van der Waals surface area (Å²) in [6.45, 7) is 16.7. The first-order chi connectivity index (χ1) is 10.1. The molecule has 1 unspecified atom stereocenters. The second kappa shape index (κ2) is 9.81.